The van der Waals surface area contributed by atoms with Gasteiger partial charge in [-0.2, -0.15) is 22.3 Å². The Morgan fingerprint density at radius 3 is 0.786 bits per heavy atom. The minimum absolute atomic E-state index is 0. The Balaban J connectivity index is 0. The average Bonchev–Trinajstić information content (AvgIpc) is 2.66. The molecule has 0 spiro atoms. The van der Waals surface area contributed by atoms with Gasteiger partial charge in [0.05, 0.1) is 0 Å². The zero-order valence-corrected chi connectivity index (χ0v) is 20.0. The van der Waals surface area contributed by atoms with E-state index in [0.29, 0.717) is 0 Å². The Morgan fingerprint density at radius 1 is 0.571 bits per heavy atom. The first-order chi connectivity index (χ1) is 11.3. The molecule has 0 bridgehead atoms. The molecule has 1 radical (unpaired) electrons. The van der Waals surface area contributed by atoms with Crippen molar-refractivity contribution >= 4 is 7.81 Å². The van der Waals surface area contributed by atoms with Gasteiger partial charge in [0.15, 0.2) is 0 Å². The van der Waals surface area contributed by atoms with E-state index in [1.165, 1.54) is 33.4 Å². The molecular weight excluding hydrogens is 444 g/mol. The molecule has 0 aromatic carbocycles. The fraction of sp³-hybridized carbons (Fsp3) is 0.600. The van der Waals surface area contributed by atoms with Gasteiger partial charge in [-0.25, -0.2) is 11.1 Å². The summed E-state index contributed by atoms with van der Waals surface area (Å²) in [7, 11) is -10.7. The first-order valence-corrected chi connectivity index (χ1v) is 10.5. The van der Waals surface area contributed by atoms with E-state index in [1.54, 1.807) is 0 Å². The summed E-state index contributed by atoms with van der Waals surface area (Å²) in [5.41, 5.74) is 8.79. The summed E-state index contributed by atoms with van der Waals surface area (Å²) in [5.74, 6) is 0. The molecule has 28 heavy (non-hydrogen) atoms. The van der Waals surface area contributed by atoms with Gasteiger partial charge in [0.25, 0.3) is 0 Å². The fourth-order valence-electron chi connectivity index (χ4n) is 2.81. The topological polar surface area (TPSA) is 0 Å². The number of allylic oxidation sites excluding steroid dienone is 8. The van der Waals surface area contributed by atoms with Crippen molar-refractivity contribution < 1.29 is 42.0 Å². The second kappa shape index (κ2) is 7.96. The first-order valence-electron chi connectivity index (χ1n) is 8.51. The van der Waals surface area contributed by atoms with Crippen LogP contribution in [-0.2, 0) is 16.8 Å². The minimum Gasteiger partial charge on any atom is 2.00 e. The van der Waals surface area contributed by atoms with Crippen LogP contribution in [0.25, 0.3) is 0 Å². The summed E-state index contributed by atoms with van der Waals surface area (Å²) >= 11 is 0. The maximum Gasteiger partial charge on any atom is 2.00 e. The van der Waals surface area contributed by atoms with Gasteiger partial charge in [-0.3, -0.25) is 12.2 Å². The van der Waals surface area contributed by atoms with Gasteiger partial charge in [0, 0.05) is 0 Å². The predicted molar refractivity (Wildman–Crippen MR) is 103 cm³/mol. The monoisotopic (exact) mass is 474 g/mol. The van der Waals surface area contributed by atoms with E-state index >= 15 is 0 Å². The summed E-state index contributed by atoms with van der Waals surface area (Å²) in [5, 5.41) is 0. The molecule has 0 N–H and O–H groups in total. The smallest absolute Gasteiger partial charge is 2.00 e. The van der Waals surface area contributed by atoms with Gasteiger partial charge in [0.2, 0.25) is 0 Å². The van der Waals surface area contributed by atoms with Crippen molar-refractivity contribution in [1.29, 1.82) is 0 Å². The van der Waals surface area contributed by atoms with Gasteiger partial charge < -0.3 is 0 Å². The third-order valence-electron chi connectivity index (χ3n) is 5.12. The summed E-state index contributed by atoms with van der Waals surface area (Å²) < 4.78 is 59.2. The van der Waals surface area contributed by atoms with Crippen molar-refractivity contribution in [2.45, 2.75) is 69.2 Å². The minimum atomic E-state index is -10.7. The molecule has 0 unspecified atom stereocenters. The van der Waals surface area contributed by atoms with Gasteiger partial charge in [-0.05, 0) is 0 Å². The van der Waals surface area contributed by atoms with Gasteiger partial charge in [0.1, 0.15) is 0 Å². The Kier molecular flexibility index (Phi) is 8.43. The second-order valence-electron chi connectivity index (χ2n) is 8.21. The van der Waals surface area contributed by atoms with Gasteiger partial charge in [-0.15, -0.1) is 13.8 Å². The molecule has 0 aromatic rings. The van der Waals surface area contributed by atoms with Crippen molar-refractivity contribution in [3.63, 3.8) is 0 Å². The molecule has 0 heterocycles. The van der Waals surface area contributed by atoms with Crippen LogP contribution in [0.1, 0.15) is 69.2 Å². The SMILES string of the molecule is CC1=[C-]C(C)(C)C(C)=C1C.CC1=[C-]C(C)(C)C(C)=C1C.F[P-](F)(F)(F)(F)F.[Co+2]. The number of rotatable bonds is 0. The van der Waals surface area contributed by atoms with Crippen LogP contribution in [0.2, 0.25) is 0 Å². The third-order valence-corrected chi connectivity index (χ3v) is 5.12. The van der Waals surface area contributed by atoms with Crippen LogP contribution in [0.15, 0.2) is 33.4 Å². The number of halogens is 6. The summed E-state index contributed by atoms with van der Waals surface area (Å²) in [6.45, 7) is 21.8. The van der Waals surface area contributed by atoms with E-state index in [1.807, 2.05) is 0 Å². The molecule has 0 atom stereocenters. The van der Waals surface area contributed by atoms with Gasteiger partial charge in [-0.1, -0.05) is 66.2 Å². The Labute approximate surface area is 175 Å². The van der Waals surface area contributed by atoms with Crippen molar-refractivity contribution in [3.05, 3.63) is 45.6 Å². The zero-order chi connectivity index (χ0) is 22.3. The second-order valence-corrected chi connectivity index (χ2v) is 10.1. The summed E-state index contributed by atoms with van der Waals surface area (Å²) in [6.07, 6.45) is 6.87. The molecular formula is C20H30CoF6P-. The van der Waals surface area contributed by atoms with E-state index in [2.05, 4.69) is 81.4 Å². The van der Waals surface area contributed by atoms with Crippen molar-refractivity contribution in [2.75, 3.05) is 0 Å². The molecule has 0 aliphatic heterocycles. The maximum absolute atomic E-state index is 10.7. The van der Waals surface area contributed by atoms with E-state index in [-0.39, 0.29) is 27.6 Å². The number of hydrogen-bond acceptors (Lipinski definition) is 0. The van der Waals surface area contributed by atoms with E-state index in [9.17, 15) is 25.2 Å². The normalized spacial score (nSPS) is 22.6. The Bertz CT molecular complexity index is 671. The van der Waals surface area contributed by atoms with Crippen LogP contribution >= 0.6 is 7.81 Å². The molecule has 0 saturated carbocycles. The van der Waals surface area contributed by atoms with E-state index in [4.69, 9.17) is 0 Å². The standard InChI is InChI=1S/2C10H15.Co.F6P/c2*1-7-6-10(4,5)9(3)8(7)2;;1-7(2,3,4,5)6/h2*1-5H3;;/q2*-1;+2;-1. The van der Waals surface area contributed by atoms with Crippen molar-refractivity contribution in [2.24, 2.45) is 10.8 Å². The first kappa shape index (κ1) is 29.7. The molecule has 2 rings (SSSR count). The predicted octanol–water partition coefficient (Wildman–Crippen LogP) is 9.60. The molecule has 0 nitrogen and oxygen atoms in total. The van der Waals surface area contributed by atoms with Crippen LogP contribution in [0.3, 0.4) is 0 Å². The van der Waals surface area contributed by atoms with Crippen LogP contribution in [-0.4, -0.2) is 0 Å². The van der Waals surface area contributed by atoms with Crippen LogP contribution in [0, 0.1) is 23.0 Å². The number of hydrogen-bond donors (Lipinski definition) is 0. The quantitative estimate of drug-likeness (QED) is 0.186. The third kappa shape index (κ3) is 10.9. The molecule has 0 aromatic heterocycles. The Hall–Kier alpha value is -0.524. The average molecular weight is 474 g/mol. The molecule has 0 amide bonds. The largest absolute Gasteiger partial charge is 2.00 e. The van der Waals surface area contributed by atoms with E-state index in [0.717, 1.165) is 0 Å². The van der Waals surface area contributed by atoms with E-state index < -0.39 is 7.81 Å². The summed E-state index contributed by atoms with van der Waals surface area (Å²) in [4.78, 5) is 0. The van der Waals surface area contributed by atoms with Crippen LogP contribution in [0.5, 0.6) is 0 Å². The Morgan fingerprint density at radius 2 is 0.750 bits per heavy atom. The maximum atomic E-state index is 9.87. The molecule has 0 fully saturated rings. The zero-order valence-electron chi connectivity index (χ0n) is 18.0. The molecule has 0 saturated heterocycles. The van der Waals surface area contributed by atoms with Gasteiger partial charge >= 0.3 is 49.8 Å². The molecule has 2 aliphatic carbocycles. The van der Waals surface area contributed by atoms with Crippen LogP contribution in [0.4, 0.5) is 25.2 Å². The molecule has 2 aliphatic rings. The van der Waals surface area contributed by atoms with Crippen molar-refractivity contribution in [3.8, 4) is 0 Å². The molecule has 8 heteroatoms. The summed E-state index contributed by atoms with van der Waals surface area (Å²) in [6, 6.07) is 0. The van der Waals surface area contributed by atoms with Crippen LogP contribution < -0.4 is 0 Å². The fourth-order valence-corrected chi connectivity index (χ4v) is 2.81. The molecule has 167 valence electrons. The van der Waals surface area contributed by atoms with Crippen molar-refractivity contribution in [1.82, 2.24) is 0 Å².